The van der Waals surface area contributed by atoms with Crippen molar-refractivity contribution in [2.75, 3.05) is 39.3 Å². The van der Waals surface area contributed by atoms with Crippen LogP contribution in [0.5, 0.6) is 0 Å². The molecule has 6 aromatic carbocycles. The normalized spacial score (nSPS) is 13.7. The van der Waals surface area contributed by atoms with Crippen LogP contribution in [0.25, 0.3) is 65.4 Å². The summed E-state index contributed by atoms with van der Waals surface area (Å²) in [6, 6.07) is 26.2. The minimum Gasteiger partial charge on any atom is -0.370 e. The average molecular weight is 2040 g/mol. The van der Waals surface area contributed by atoms with Crippen LogP contribution in [0.1, 0.15) is 117 Å². The second-order valence-corrected chi connectivity index (χ2v) is 36.8. The van der Waals surface area contributed by atoms with E-state index in [0.29, 0.717) is 77.8 Å². The molecule has 0 saturated carbocycles. The number of nitrogens with two attached hydrogens (primary N) is 8. The number of hydrogen-bond donors (Lipinski definition) is 35. The number of amides is 12. The fourth-order valence-electron chi connectivity index (χ4n) is 18.0. The predicted molar refractivity (Wildman–Crippen MR) is 569 cm³/mol. The van der Waals surface area contributed by atoms with Crippen molar-refractivity contribution in [3.8, 4) is 0 Å². The van der Waals surface area contributed by atoms with E-state index in [2.05, 4.69) is 115 Å². The number of H-pyrrole nitrogens is 6. The van der Waals surface area contributed by atoms with Gasteiger partial charge in [-0.05, 0) is 166 Å². The molecule has 12 rings (SSSR count). The molecule has 0 aliphatic carbocycles. The topological polar surface area (TPSA) is 819 Å². The lowest BCUT2D eigenvalue weighted by Gasteiger charge is -2.29. The zero-order chi connectivity index (χ0) is 107. The molecule has 149 heavy (non-hydrogen) atoms. The standard InChI is InChI=1S/C102H135N35O12/c103-38-14-13-32-76(89(141)129-78(35-17-41-118-100(110)111)91(143)131-80(37-19-43-120-102(114)115)92(144)130-79(36-18-42-119-101(112)113)90(142)128-77(34-16-40-117-99(108)109)88(140)127-75(86(105)138)33-15-39-116-98(106)107)132-93(145)82(46-58-52-123-71-28-9-3-22-64(58)71)134-95(147)84(48-60-54-125-73-30-11-5-24-66(60)73)136-97(149)85(49-61-55-126-74-31-12-6-25-67(61)74)137-96(148)83(47-59-53-124-72-29-10-4-23-65(59)72)135-94(146)81(45-57-51-122-70-27-8-2-21-63(57)70)133-87(139)68(104)44-56-50-121-69-26-7-1-20-62(56)69/h1-12,20-31,50-55,68,75-85,121-126H,13-19,32-49,103-104H2,(H2,105,138)(H,127,140)(H,128,142)(H,129,141)(H,130,144)(H,131,143)(H,132,145)(H,133,139)(H,134,147)(H,135,146)(H,136,149)(H,137,148)(H4,106,107,116)(H4,108,109,117)(H4,110,111,118)(H4,112,113,119)(H4,114,115,120)/t68-,75-,76-,77-,78-,79-,80-,81-,82-,83-,84-,85-/m0/s1. The molecule has 12 atom stereocenters. The van der Waals surface area contributed by atoms with Gasteiger partial charge in [-0.15, -0.1) is 0 Å². The third kappa shape index (κ3) is 32.2. The Morgan fingerprint density at radius 1 is 0.228 bits per heavy atom. The molecule has 6 heterocycles. The first-order chi connectivity index (χ1) is 71.7. The fraction of sp³-hybridized carbons (Fsp3) is 0.363. The summed E-state index contributed by atoms with van der Waals surface area (Å²) >= 11 is 0. The zero-order valence-corrected chi connectivity index (χ0v) is 82.4. The summed E-state index contributed by atoms with van der Waals surface area (Å²) in [6.07, 6.45) is 9.31. The van der Waals surface area contributed by atoms with Gasteiger partial charge in [-0.3, -0.25) is 84.6 Å². The Balaban J connectivity index is 0.848. The largest absolute Gasteiger partial charge is 0.370 e. The van der Waals surface area contributed by atoms with E-state index >= 15 is 38.4 Å². The van der Waals surface area contributed by atoms with Crippen molar-refractivity contribution in [2.45, 2.75) is 194 Å². The van der Waals surface area contributed by atoms with Gasteiger partial charge in [0.2, 0.25) is 70.9 Å². The van der Waals surface area contributed by atoms with Crippen molar-refractivity contribution >= 4 is 166 Å². The summed E-state index contributed by atoms with van der Waals surface area (Å²) in [5.74, 6) is -12.7. The van der Waals surface area contributed by atoms with Gasteiger partial charge in [0.25, 0.3) is 0 Å². The second kappa shape index (κ2) is 54.4. The Morgan fingerprint density at radius 3 is 0.611 bits per heavy atom. The molecule has 0 bridgehead atoms. The molecule has 43 N–H and O–H groups in total. The smallest absolute Gasteiger partial charge is 0.243 e. The van der Waals surface area contributed by atoms with E-state index in [9.17, 15) is 19.2 Å². The molecule has 0 spiro atoms. The fourth-order valence-corrected chi connectivity index (χ4v) is 18.0. The first kappa shape index (κ1) is 110. The van der Waals surface area contributed by atoms with Crippen LogP contribution >= 0.6 is 0 Å². The number of nitrogens with one attached hydrogen (secondary N) is 27. The molecule has 0 unspecified atom stereocenters. The number of para-hydroxylation sites is 6. The SMILES string of the molecule is N=C(N)NCCC[C@H](NC(=O)[C@H](CCCNC(=N)N)NC(=O)[C@H](CCCNC(=N)N)NC(=O)[C@H](CCCNC(=N)N)NC(=O)[C@H](CCCNC(=N)N)NC(=O)[C@H](CCCCN)NC(=O)[C@H](Cc1c[nH]c2ccccc12)NC(=O)[C@H](Cc1c[nH]c2ccccc12)NC(=O)[C@H](Cc1c[nH]c2ccccc12)NC(=O)[C@H](Cc1c[nH]c2ccccc12)NC(=O)[C@H](Cc1c[nH]c2ccccc12)NC(=O)[C@@H](N)Cc1c[nH]c2ccccc12)C(N)=O. The van der Waals surface area contributed by atoms with E-state index in [4.69, 9.17) is 72.9 Å². The maximum atomic E-state index is 16.3. The van der Waals surface area contributed by atoms with Crippen LogP contribution in [0.3, 0.4) is 0 Å². The minimum absolute atomic E-state index is 0.000576. The summed E-state index contributed by atoms with van der Waals surface area (Å²) in [5.41, 5.74) is 54.5. The van der Waals surface area contributed by atoms with Gasteiger partial charge in [0, 0.05) is 167 Å². The number of unbranched alkanes of at least 4 members (excludes halogenated alkanes) is 1. The van der Waals surface area contributed by atoms with Gasteiger partial charge in [0.05, 0.1) is 6.04 Å². The number of guanidine groups is 5. The highest BCUT2D eigenvalue weighted by molar-refractivity contribution is 6.02. The Hall–Kier alpha value is -17.5. The van der Waals surface area contributed by atoms with Gasteiger partial charge >= 0.3 is 0 Å². The van der Waals surface area contributed by atoms with Crippen molar-refractivity contribution in [2.24, 2.45) is 45.9 Å². The van der Waals surface area contributed by atoms with E-state index in [1.807, 2.05) is 121 Å². The summed E-state index contributed by atoms with van der Waals surface area (Å²) in [7, 11) is 0. The predicted octanol–water partition coefficient (Wildman–Crippen LogP) is -0.0788. The number of benzene rings is 6. The summed E-state index contributed by atoms with van der Waals surface area (Å²) in [5, 5.41) is 87.6. The van der Waals surface area contributed by atoms with Gasteiger partial charge in [-0.2, -0.15) is 0 Å². The number of carbonyl (C=O) groups is 12. The maximum Gasteiger partial charge on any atom is 0.243 e. The third-order valence-corrected chi connectivity index (χ3v) is 25.8. The van der Waals surface area contributed by atoms with Crippen LogP contribution in [0.2, 0.25) is 0 Å². The lowest BCUT2D eigenvalue weighted by molar-refractivity contribution is -0.136. The number of aromatic nitrogens is 6. The summed E-state index contributed by atoms with van der Waals surface area (Å²) in [6.45, 7) is 0.270. The highest BCUT2D eigenvalue weighted by Gasteiger charge is 2.39. The van der Waals surface area contributed by atoms with E-state index in [1.165, 1.54) is 0 Å². The molecule has 0 saturated heterocycles. The first-order valence-corrected chi connectivity index (χ1v) is 49.5. The van der Waals surface area contributed by atoms with Gasteiger partial charge in [-0.25, -0.2) is 0 Å². The van der Waals surface area contributed by atoms with Crippen LogP contribution in [-0.4, -0.2) is 242 Å². The van der Waals surface area contributed by atoms with Gasteiger partial charge < -0.3 is 161 Å². The monoisotopic (exact) mass is 2040 g/mol. The van der Waals surface area contributed by atoms with E-state index in [1.54, 1.807) is 61.4 Å². The molecule has 12 aromatic rings. The van der Waals surface area contributed by atoms with Crippen LogP contribution in [-0.2, 0) is 96.1 Å². The van der Waals surface area contributed by atoms with E-state index in [-0.39, 0.29) is 167 Å². The molecule has 0 aliphatic heterocycles. The second-order valence-electron chi connectivity index (χ2n) is 36.8. The number of fused-ring (bicyclic) bond motifs is 6. The lowest BCUT2D eigenvalue weighted by atomic mass is 9.99. The quantitative estimate of drug-likeness (QED) is 0.0135. The number of carbonyl (C=O) groups excluding carboxylic acids is 12. The van der Waals surface area contributed by atoms with E-state index in [0.717, 1.165) is 27.4 Å². The first-order valence-electron chi connectivity index (χ1n) is 49.5. The van der Waals surface area contributed by atoms with Gasteiger partial charge in [-0.1, -0.05) is 109 Å². The summed E-state index contributed by atoms with van der Waals surface area (Å²) < 4.78 is 0. The molecule has 47 nitrogen and oxygen atoms in total. The molecular weight excluding hydrogens is 1910 g/mol. The molecular formula is C102H135N35O12. The molecule has 6 aromatic heterocycles. The Bertz CT molecular complexity index is 6730. The third-order valence-electron chi connectivity index (χ3n) is 25.8. The Kier molecular flexibility index (Phi) is 40.3. The number of primary amides is 1. The van der Waals surface area contributed by atoms with Crippen molar-refractivity contribution in [1.82, 2.24) is 115 Å². The maximum absolute atomic E-state index is 16.3. The number of hydrogen-bond acceptors (Lipinski definition) is 19. The van der Waals surface area contributed by atoms with Gasteiger partial charge in [0.15, 0.2) is 29.8 Å². The molecule has 12 amide bonds. The Morgan fingerprint density at radius 2 is 0.403 bits per heavy atom. The number of rotatable bonds is 59. The van der Waals surface area contributed by atoms with Crippen LogP contribution in [0, 0.1) is 27.0 Å². The molecule has 790 valence electrons. The minimum atomic E-state index is -1.63. The van der Waals surface area contributed by atoms with Crippen molar-refractivity contribution in [3.05, 3.63) is 216 Å². The van der Waals surface area contributed by atoms with Crippen molar-refractivity contribution < 1.29 is 57.5 Å². The van der Waals surface area contributed by atoms with Crippen molar-refractivity contribution in [1.29, 1.82) is 27.0 Å². The van der Waals surface area contributed by atoms with E-state index < -0.39 is 161 Å². The molecule has 0 fully saturated rings. The van der Waals surface area contributed by atoms with Crippen LogP contribution in [0.15, 0.2) is 183 Å². The molecule has 0 radical (unpaired) electrons. The van der Waals surface area contributed by atoms with Gasteiger partial charge in [0.1, 0.15) is 66.5 Å². The van der Waals surface area contributed by atoms with Crippen LogP contribution in [0.4, 0.5) is 0 Å². The highest BCUT2D eigenvalue weighted by atomic mass is 16.2. The molecule has 47 heteroatoms. The van der Waals surface area contributed by atoms with Crippen LogP contribution < -0.4 is 131 Å². The summed E-state index contributed by atoms with van der Waals surface area (Å²) in [4.78, 5) is 203. The lowest BCUT2D eigenvalue weighted by Crippen LogP contribution is -2.61. The highest BCUT2D eigenvalue weighted by Crippen LogP contribution is 2.28. The average Bonchev–Trinajstić information content (AvgIpc) is 1.77. The Labute approximate surface area is 857 Å². The zero-order valence-electron chi connectivity index (χ0n) is 82.4. The van der Waals surface area contributed by atoms with Crippen molar-refractivity contribution in [3.63, 3.8) is 0 Å². The number of aromatic amines is 6. The molecule has 0 aliphatic rings.